The first-order chi connectivity index (χ1) is 13.6. The Bertz CT molecular complexity index is 1140. The van der Waals surface area contributed by atoms with E-state index in [0.29, 0.717) is 5.56 Å². The highest BCUT2D eigenvalue weighted by molar-refractivity contribution is 7.93. The van der Waals surface area contributed by atoms with Crippen LogP contribution in [0.5, 0.6) is 0 Å². The van der Waals surface area contributed by atoms with Crippen LogP contribution >= 0.6 is 0 Å². The molecule has 2 amide bonds. The lowest BCUT2D eigenvalue weighted by molar-refractivity contribution is -0.151. The minimum Gasteiger partial charge on any atom is -0.480 e. The summed E-state index contributed by atoms with van der Waals surface area (Å²) in [5.74, 6) is -2.44. The van der Waals surface area contributed by atoms with Crippen LogP contribution in [0, 0.1) is 0 Å². The first-order valence-corrected chi connectivity index (χ1v) is 10.7. The molecule has 1 aromatic heterocycles. The summed E-state index contributed by atoms with van der Waals surface area (Å²) in [5.41, 5.74) is 1.56. The zero-order valence-electron chi connectivity index (χ0n) is 15.9. The van der Waals surface area contributed by atoms with Gasteiger partial charge in [-0.3, -0.25) is 9.59 Å². The first kappa shape index (κ1) is 19.4. The van der Waals surface area contributed by atoms with Crippen molar-refractivity contribution in [2.24, 2.45) is 0 Å². The van der Waals surface area contributed by atoms with Crippen LogP contribution in [-0.2, 0) is 30.6 Å². The fourth-order valence-corrected chi connectivity index (χ4v) is 6.36. The maximum absolute atomic E-state index is 13.0. The minimum atomic E-state index is -3.74. The highest BCUT2D eigenvalue weighted by Crippen LogP contribution is 2.45. The molecule has 29 heavy (non-hydrogen) atoms. The van der Waals surface area contributed by atoms with Gasteiger partial charge in [0.1, 0.15) is 17.5 Å². The number of β-lactam (4-membered cyclic amide) rings is 1. The number of H-pyrrole nitrogens is 1. The maximum Gasteiger partial charge on any atom is 0.326 e. The Labute approximate surface area is 167 Å². The monoisotopic (exact) mass is 419 g/mol. The Kier molecular flexibility index (Phi) is 4.23. The summed E-state index contributed by atoms with van der Waals surface area (Å²) in [4.78, 5) is 40.9. The number of aromatic nitrogens is 1. The SMILES string of the molecule is CC1(C)[C@H](C(=O)N[C@H](Cc2c[nH]c3ccccc23)C(=O)O)N2C(=O)C[C@H]2S1(=O)=O. The van der Waals surface area contributed by atoms with E-state index in [0.717, 1.165) is 15.8 Å². The van der Waals surface area contributed by atoms with Gasteiger partial charge in [-0.05, 0) is 25.5 Å². The topological polar surface area (TPSA) is 137 Å². The summed E-state index contributed by atoms with van der Waals surface area (Å²) in [6, 6.07) is 4.85. The van der Waals surface area contributed by atoms with Crippen molar-refractivity contribution in [3.05, 3.63) is 36.0 Å². The van der Waals surface area contributed by atoms with Gasteiger partial charge in [0.25, 0.3) is 0 Å². The number of nitrogens with zero attached hydrogens (tertiary/aromatic N) is 1. The molecule has 3 N–H and O–H groups in total. The number of aromatic amines is 1. The smallest absolute Gasteiger partial charge is 0.326 e. The van der Waals surface area contributed by atoms with Gasteiger partial charge in [-0.25, -0.2) is 13.2 Å². The van der Waals surface area contributed by atoms with Gasteiger partial charge in [0, 0.05) is 23.5 Å². The summed E-state index contributed by atoms with van der Waals surface area (Å²) in [5, 5.41) is 11.9. The average Bonchev–Trinajstić information content (AvgIpc) is 3.10. The minimum absolute atomic E-state index is 0.0162. The molecule has 2 aliphatic rings. The Hall–Kier alpha value is -2.88. The number of sulfone groups is 1. The van der Waals surface area contributed by atoms with Crippen molar-refractivity contribution in [3.8, 4) is 0 Å². The number of carboxylic acids is 1. The zero-order valence-corrected chi connectivity index (χ0v) is 16.7. The van der Waals surface area contributed by atoms with E-state index >= 15 is 0 Å². The number of carbonyl (C=O) groups is 3. The number of para-hydroxylation sites is 1. The predicted molar refractivity (Wildman–Crippen MR) is 104 cm³/mol. The van der Waals surface area contributed by atoms with Crippen LogP contribution in [0.1, 0.15) is 25.8 Å². The number of hydrogen-bond donors (Lipinski definition) is 3. The Morgan fingerprint density at radius 3 is 2.69 bits per heavy atom. The number of benzene rings is 1. The lowest BCUT2D eigenvalue weighted by atomic mass is 9.96. The number of fused-ring (bicyclic) bond motifs is 2. The van der Waals surface area contributed by atoms with Crippen molar-refractivity contribution < 1.29 is 27.9 Å². The van der Waals surface area contributed by atoms with E-state index in [2.05, 4.69) is 10.3 Å². The van der Waals surface area contributed by atoms with Gasteiger partial charge in [-0.2, -0.15) is 0 Å². The maximum atomic E-state index is 13.0. The highest BCUT2D eigenvalue weighted by atomic mass is 32.2. The molecule has 3 heterocycles. The number of carboxylic acid groups (broad SMARTS) is 1. The largest absolute Gasteiger partial charge is 0.480 e. The Morgan fingerprint density at radius 2 is 2.03 bits per heavy atom. The van der Waals surface area contributed by atoms with Crippen molar-refractivity contribution in [1.29, 1.82) is 0 Å². The molecule has 0 spiro atoms. The quantitative estimate of drug-likeness (QED) is 0.601. The number of amides is 2. The number of rotatable bonds is 5. The number of carbonyl (C=O) groups excluding carboxylic acids is 2. The molecule has 2 aromatic rings. The molecule has 0 unspecified atom stereocenters. The van der Waals surface area contributed by atoms with E-state index in [1.807, 2.05) is 24.3 Å². The van der Waals surface area contributed by atoms with Gasteiger partial charge < -0.3 is 20.3 Å². The van der Waals surface area contributed by atoms with Gasteiger partial charge in [0.15, 0.2) is 9.84 Å². The molecule has 0 radical (unpaired) electrons. The standard InChI is InChI=1S/C19H21N3O6S/c1-19(2)16(22-14(23)8-15(22)29(19,27)28)17(24)21-13(18(25)26)7-10-9-20-12-6-4-3-5-11(10)12/h3-6,9,13,15-16,20H,7-8H2,1-2H3,(H,21,24)(H,25,26)/t13-,15-,16+/m1/s1. The van der Waals surface area contributed by atoms with Crippen molar-refractivity contribution >= 4 is 38.5 Å². The van der Waals surface area contributed by atoms with Crippen LogP contribution in [0.4, 0.5) is 0 Å². The first-order valence-electron chi connectivity index (χ1n) is 9.18. The molecular weight excluding hydrogens is 398 g/mol. The average molecular weight is 419 g/mol. The van der Waals surface area contributed by atoms with Crippen LogP contribution < -0.4 is 5.32 Å². The molecular formula is C19H21N3O6S. The molecule has 1 aromatic carbocycles. The van der Waals surface area contributed by atoms with Crippen molar-refractivity contribution in [1.82, 2.24) is 15.2 Å². The van der Waals surface area contributed by atoms with Crippen molar-refractivity contribution in [2.45, 2.75) is 48.9 Å². The predicted octanol–water partition coefficient (Wildman–Crippen LogP) is 0.414. The second-order valence-electron chi connectivity index (χ2n) is 7.97. The molecule has 0 bridgehead atoms. The molecule has 4 rings (SSSR count). The van der Waals surface area contributed by atoms with E-state index in [9.17, 15) is 27.9 Å². The van der Waals surface area contributed by atoms with E-state index in [1.165, 1.54) is 13.8 Å². The van der Waals surface area contributed by atoms with E-state index in [1.54, 1.807) is 6.20 Å². The van der Waals surface area contributed by atoms with Gasteiger partial charge in [0.2, 0.25) is 11.8 Å². The van der Waals surface area contributed by atoms with Crippen LogP contribution in [0.3, 0.4) is 0 Å². The summed E-state index contributed by atoms with van der Waals surface area (Å²) >= 11 is 0. The molecule has 2 fully saturated rings. The van der Waals surface area contributed by atoms with Gasteiger partial charge in [-0.1, -0.05) is 18.2 Å². The summed E-state index contributed by atoms with van der Waals surface area (Å²) in [6.07, 6.45) is 1.56. The molecule has 0 saturated carbocycles. The number of hydrogen-bond acceptors (Lipinski definition) is 5. The summed E-state index contributed by atoms with van der Waals surface area (Å²) < 4.78 is 23.8. The van der Waals surface area contributed by atoms with E-state index in [4.69, 9.17) is 0 Å². The number of nitrogens with one attached hydrogen (secondary N) is 2. The highest BCUT2D eigenvalue weighted by Gasteiger charge is 2.67. The van der Waals surface area contributed by atoms with Crippen LogP contribution in [-0.4, -0.2) is 63.4 Å². The summed E-state index contributed by atoms with van der Waals surface area (Å²) in [6.45, 7) is 2.79. The van der Waals surface area contributed by atoms with E-state index < -0.39 is 49.8 Å². The lowest BCUT2D eigenvalue weighted by Crippen LogP contribution is -2.61. The molecule has 9 nitrogen and oxygen atoms in total. The van der Waals surface area contributed by atoms with Crippen LogP contribution in [0.25, 0.3) is 10.9 Å². The fraction of sp³-hybridized carbons (Fsp3) is 0.421. The second-order valence-corrected chi connectivity index (χ2v) is 10.7. The van der Waals surface area contributed by atoms with Gasteiger partial charge >= 0.3 is 5.97 Å². The molecule has 0 aliphatic carbocycles. The Morgan fingerprint density at radius 1 is 1.34 bits per heavy atom. The third-order valence-electron chi connectivity index (χ3n) is 5.94. The fourth-order valence-electron chi connectivity index (χ4n) is 4.23. The van der Waals surface area contributed by atoms with Crippen molar-refractivity contribution in [3.63, 3.8) is 0 Å². The number of aliphatic carboxylic acids is 1. The van der Waals surface area contributed by atoms with Crippen LogP contribution in [0.2, 0.25) is 0 Å². The normalized spacial score (nSPS) is 25.3. The van der Waals surface area contributed by atoms with Gasteiger partial charge in [-0.15, -0.1) is 0 Å². The zero-order chi connectivity index (χ0) is 21.1. The molecule has 154 valence electrons. The summed E-state index contributed by atoms with van der Waals surface area (Å²) in [7, 11) is -3.74. The third-order valence-corrected chi connectivity index (χ3v) is 8.74. The van der Waals surface area contributed by atoms with Gasteiger partial charge in [0.05, 0.1) is 11.2 Å². The molecule has 2 aliphatic heterocycles. The molecule has 10 heteroatoms. The Balaban J connectivity index is 1.60. The molecule has 3 atom stereocenters. The van der Waals surface area contributed by atoms with Crippen molar-refractivity contribution in [2.75, 3.05) is 0 Å². The lowest BCUT2D eigenvalue weighted by Gasteiger charge is -2.37. The second kappa shape index (κ2) is 6.31. The molecule has 2 saturated heterocycles. The van der Waals surface area contributed by atoms with E-state index in [-0.39, 0.29) is 12.8 Å². The third kappa shape index (κ3) is 2.73. The van der Waals surface area contributed by atoms with Crippen LogP contribution in [0.15, 0.2) is 30.5 Å².